The zero-order chi connectivity index (χ0) is 24.1. The second kappa shape index (κ2) is 10.7. The Morgan fingerprint density at radius 3 is 2.41 bits per heavy atom. The van der Waals surface area contributed by atoms with Gasteiger partial charge in [-0.2, -0.15) is 0 Å². The minimum absolute atomic E-state index is 0.0192. The van der Waals surface area contributed by atoms with Crippen molar-refractivity contribution < 1.29 is 34.4 Å². The summed E-state index contributed by atoms with van der Waals surface area (Å²) < 4.78 is 11.6. The van der Waals surface area contributed by atoms with Crippen molar-refractivity contribution in [2.45, 2.75) is 65.4 Å². The summed E-state index contributed by atoms with van der Waals surface area (Å²) in [7, 11) is 1.40. The highest BCUT2D eigenvalue weighted by atomic mass is 16.5. The number of ether oxygens (including phenoxy) is 2. The first-order chi connectivity index (χ1) is 15.0. The van der Waals surface area contributed by atoms with Gasteiger partial charge < -0.3 is 24.8 Å². The lowest BCUT2D eigenvalue weighted by Crippen LogP contribution is -2.47. The first-order valence-corrected chi connectivity index (χ1v) is 10.8. The summed E-state index contributed by atoms with van der Waals surface area (Å²) in [6.07, 6.45) is 7.85. The minimum Gasteiger partial charge on any atom is -0.496 e. The van der Waals surface area contributed by atoms with Gasteiger partial charge in [-0.3, -0.25) is 0 Å². The van der Waals surface area contributed by atoms with E-state index in [4.69, 9.17) is 9.47 Å². The fourth-order valence-electron chi connectivity index (χ4n) is 4.13. The Kier molecular flexibility index (Phi) is 8.50. The van der Waals surface area contributed by atoms with E-state index in [1.54, 1.807) is 0 Å². The molecule has 2 rings (SSSR count). The van der Waals surface area contributed by atoms with Crippen LogP contribution in [0.1, 0.15) is 79.7 Å². The van der Waals surface area contributed by atoms with E-state index in [2.05, 4.69) is 32.9 Å². The Bertz CT molecular complexity index is 925. The maximum atomic E-state index is 12.0. The van der Waals surface area contributed by atoms with E-state index in [1.807, 2.05) is 6.92 Å². The number of fused-ring (bicyclic) bond motifs is 1. The monoisotopic (exact) mass is 446 g/mol. The van der Waals surface area contributed by atoms with Crippen molar-refractivity contribution in [3.8, 4) is 11.5 Å². The van der Waals surface area contributed by atoms with Gasteiger partial charge >= 0.3 is 11.9 Å². The highest BCUT2D eigenvalue weighted by Gasteiger charge is 2.44. The van der Waals surface area contributed by atoms with Gasteiger partial charge in [0.25, 0.3) is 0 Å². The standard InChI is InChI=1S/C25H34O7/c1-15(2)8-6-9-16(3)10-7-11-25(4)17(14-26)12-18-20(31-5)13-19(23(27)28)21(24(29)30)22(18)32-25/h8,10,13,17,26H,6-7,9,11-12,14H2,1-5H3,(H,27,28)(H,29,30). The average molecular weight is 447 g/mol. The molecule has 3 N–H and O–H groups in total. The highest BCUT2D eigenvalue weighted by Crippen LogP contribution is 2.46. The Balaban J connectivity index is 2.37. The van der Waals surface area contributed by atoms with Gasteiger partial charge in [-0.15, -0.1) is 0 Å². The molecule has 1 aromatic rings. The lowest BCUT2D eigenvalue weighted by molar-refractivity contribution is -0.0229. The number of benzene rings is 1. The Hall–Kier alpha value is -2.80. The number of carbonyl (C=O) groups is 2. The van der Waals surface area contributed by atoms with E-state index < -0.39 is 17.5 Å². The van der Waals surface area contributed by atoms with E-state index in [9.17, 15) is 24.9 Å². The molecule has 1 aliphatic heterocycles. The van der Waals surface area contributed by atoms with Crippen molar-refractivity contribution >= 4 is 11.9 Å². The molecule has 32 heavy (non-hydrogen) atoms. The van der Waals surface area contributed by atoms with Crippen molar-refractivity contribution in [2.24, 2.45) is 5.92 Å². The van der Waals surface area contributed by atoms with Crippen LogP contribution in [-0.2, 0) is 6.42 Å². The van der Waals surface area contributed by atoms with Crippen molar-refractivity contribution in [1.82, 2.24) is 0 Å². The van der Waals surface area contributed by atoms with Crippen molar-refractivity contribution in [2.75, 3.05) is 13.7 Å². The third-order valence-electron chi connectivity index (χ3n) is 6.10. The molecule has 0 saturated carbocycles. The fourth-order valence-corrected chi connectivity index (χ4v) is 4.13. The van der Waals surface area contributed by atoms with Gasteiger partial charge in [0.2, 0.25) is 0 Å². The molecule has 0 saturated heterocycles. The Morgan fingerprint density at radius 1 is 1.19 bits per heavy atom. The Labute approximate surface area is 189 Å². The molecule has 0 spiro atoms. The number of aromatic carboxylic acids is 2. The number of hydrogen-bond donors (Lipinski definition) is 3. The molecule has 1 aromatic carbocycles. The predicted octanol–water partition coefficient (Wildman–Crippen LogP) is 4.87. The Morgan fingerprint density at radius 2 is 1.88 bits per heavy atom. The number of hydrogen-bond acceptors (Lipinski definition) is 5. The summed E-state index contributed by atoms with van der Waals surface area (Å²) >= 11 is 0. The molecule has 0 aromatic heterocycles. The summed E-state index contributed by atoms with van der Waals surface area (Å²) in [6.45, 7) is 7.92. The molecule has 0 aliphatic carbocycles. The molecule has 2 atom stereocenters. The van der Waals surface area contributed by atoms with Crippen LogP contribution in [0.4, 0.5) is 0 Å². The number of carboxylic acids is 2. The van der Waals surface area contributed by atoms with Gasteiger partial charge in [0, 0.05) is 11.5 Å². The fraction of sp³-hybridized carbons (Fsp3) is 0.520. The number of carboxylic acid groups (broad SMARTS) is 2. The maximum Gasteiger partial charge on any atom is 0.340 e. The van der Waals surface area contributed by atoms with E-state index in [-0.39, 0.29) is 35.2 Å². The van der Waals surface area contributed by atoms with Crippen LogP contribution in [0.25, 0.3) is 0 Å². The van der Waals surface area contributed by atoms with Gasteiger partial charge in [0.05, 0.1) is 19.3 Å². The van der Waals surface area contributed by atoms with Crippen molar-refractivity contribution in [1.29, 1.82) is 0 Å². The molecule has 176 valence electrons. The number of allylic oxidation sites excluding steroid dienone is 4. The number of aliphatic hydroxyl groups is 1. The van der Waals surface area contributed by atoms with Crippen LogP contribution in [-0.4, -0.2) is 46.6 Å². The molecular weight excluding hydrogens is 412 g/mol. The lowest BCUT2D eigenvalue weighted by atomic mass is 9.77. The molecule has 0 amide bonds. The van der Waals surface area contributed by atoms with E-state index in [0.29, 0.717) is 24.8 Å². The normalized spacial score (nSPS) is 20.2. The molecule has 0 radical (unpaired) electrons. The van der Waals surface area contributed by atoms with Gasteiger partial charge in [-0.1, -0.05) is 23.3 Å². The van der Waals surface area contributed by atoms with Crippen LogP contribution >= 0.6 is 0 Å². The summed E-state index contributed by atoms with van der Waals surface area (Å²) in [5.74, 6) is -2.77. The molecule has 0 fully saturated rings. The van der Waals surface area contributed by atoms with Crippen LogP contribution in [0, 0.1) is 5.92 Å². The third kappa shape index (κ3) is 5.71. The second-order valence-corrected chi connectivity index (χ2v) is 8.83. The second-order valence-electron chi connectivity index (χ2n) is 8.83. The highest BCUT2D eigenvalue weighted by molar-refractivity contribution is 6.04. The van der Waals surface area contributed by atoms with E-state index >= 15 is 0 Å². The van der Waals surface area contributed by atoms with Crippen molar-refractivity contribution in [3.05, 3.63) is 46.1 Å². The third-order valence-corrected chi connectivity index (χ3v) is 6.10. The molecule has 1 aliphatic rings. The van der Waals surface area contributed by atoms with Crippen LogP contribution in [0.3, 0.4) is 0 Å². The largest absolute Gasteiger partial charge is 0.496 e. The zero-order valence-corrected chi connectivity index (χ0v) is 19.5. The average Bonchev–Trinajstić information content (AvgIpc) is 2.71. The molecule has 1 heterocycles. The van der Waals surface area contributed by atoms with Gasteiger partial charge in [-0.05, 0) is 65.9 Å². The first-order valence-electron chi connectivity index (χ1n) is 10.8. The molecule has 7 heteroatoms. The van der Waals surface area contributed by atoms with Gasteiger partial charge in [0.15, 0.2) is 0 Å². The molecule has 7 nitrogen and oxygen atoms in total. The molecular formula is C25H34O7. The van der Waals surface area contributed by atoms with E-state index in [0.717, 1.165) is 12.8 Å². The summed E-state index contributed by atoms with van der Waals surface area (Å²) in [6, 6.07) is 1.21. The summed E-state index contributed by atoms with van der Waals surface area (Å²) in [5, 5.41) is 29.4. The molecule has 0 bridgehead atoms. The van der Waals surface area contributed by atoms with Crippen LogP contribution in [0.2, 0.25) is 0 Å². The summed E-state index contributed by atoms with van der Waals surface area (Å²) in [5.41, 5.74) is 1.39. The number of aliphatic hydroxyl groups excluding tert-OH is 1. The van der Waals surface area contributed by atoms with Gasteiger partial charge in [-0.25, -0.2) is 9.59 Å². The predicted molar refractivity (Wildman–Crippen MR) is 122 cm³/mol. The SMILES string of the molecule is COc1cc(C(=O)O)c(C(=O)O)c2c1CC(CO)C(C)(CCC=C(C)CCC=C(C)C)O2. The first kappa shape index (κ1) is 25.5. The topological polar surface area (TPSA) is 113 Å². The van der Waals surface area contributed by atoms with Crippen LogP contribution in [0.15, 0.2) is 29.4 Å². The van der Waals surface area contributed by atoms with Crippen LogP contribution in [0.5, 0.6) is 11.5 Å². The quantitative estimate of drug-likeness (QED) is 0.440. The van der Waals surface area contributed by atoms with E-state index in [1.165, 1.54) is 24.3 Å². The zero-order valence-electron chi connectivity index (χ0n) is 19.5. The smallest absolute Gasteiger partial charge is 0.340 e. The molecule has 2 unspecified atom stereocenters. The maximum absolute atomic E-state index is 12.0. The number of methoxy groups -OCH3 is 1. The van der Waals surface area contributed by atoms with Gasteiger partial charge in [0.1, 0.15) is 22.7 Å². The minimum atomic E-state index is -1.37. The number of rotatable bonds is 10. The van der Waals surface area contributed by atoms with Crippen molar-refractivity contribution in [3.63, 3.8) is 0 Å². The summed E-state index contributed by atoms with van der Waals surface area (Å²) in [4.78, 5) is 23.7. The lowest BCUT2D eigenvalue weighted by Gasteiger charge is -2.43. The van der Waals surface area contributed by atoms with Crippen LogP contribution < -0.4 is 9.47 Å².